The van der Waals surface area contributed by atoms with Gasteiger partial charge in [0.15, 0.2) is 0 Å². The Kier molecular flexibility index (Phi) is 8.31. The summed E-state index contributed by atoms with van der Waals surface area (Å²) < 4.78 is 5.21. The van der Waals surface area contributed by atoms with E-state index in [1.54, 1.807) is 7.11 Å². The van der Waals surface area contributed by atoms with Gasteiger partial charge in [-0.05, 0) is 49.5 Å². The molecule has 1 aromatic carbocycles. The van der Waals surface area contributed by atoms with E-state index >= 15 is 0 Å². The molecule has 0 aliphatic rings. The van der Waals surface area contributed by atoms with E-state index in [2.05, 4.69) is 43.4 Å². The van der Waals surface area contributed by atoms with Crippen LogP contribution < -0.4 is 10.1 Å². The molecule has 0 aliphatic carbocycles. The Morgan fingerprint density at radius 3 is 2.42 bits per heavy atom. The predicted octanol–water partition coefficient (Wildman–Crippen LogP) is 4.04. The Morgan fingerprint density at radius 1 is 1.11 bits per heavy atom. The van der Waals surface area contributed by atoms with E-state index < -0.39 is 0 Å². The van der Waals surface area contributed by atoms with Crippen molar-refractivity contribution >= 4 is 0 Å². The minimum atomic E-state index is 0.750. The fraction of sp³-hybridized carbons (Fsp3) is 0.647. The molecule has 0 radical (unpaired) electrons. The average Bonchev–Trinajstić information content (AvgIpc) is 2.45. The van der Waals surface area contributed by atoms with Gasteiger partial charge in [-0.2, -0.15) is 0 Å². The standard InChI is InChI=1S/C17H29NO/c1-4-6-7-8-16(14-18-5-2)13-15-9-11-17(19-3)12-10-15/h9-12,16,18H,4-8,13-14H2,1-3H3. The highest BCUT2D eigenvalue weighted by Gasteiger charge is 2.09. The van der Waals surface area contributed by atoms with Crippen LogP contribution in [0.25, 0.3) is 0 Å². The Morgan fingerprint density at radius 2 is 1.84 bits per heavy atom. The SMILES string of the molecule is CCCCCC(CNCC)Cc1ccc(OC)cc1. The number of benzene rings is 1. The van der Waals surface area contributed by atoms with Gasteiger partial charge in [0, 0.05) is 0 Å². The number of ether oxygens (including phenoxy) is 1. The van der Waals surface area contributed by atoms with Crippen molar-refractivity contribution in [2.45, 2.75) is 46.0 Å². The number of unbranched alkanes of at least 4 members (excludes halogenated alkanes) is 2. The zero-order valence-electron chi connectivity index (χ0n) is 12.7. The van der Waals surface area contributed by atoms with E-state index in [0.717, 1.165) is 24.8 Å². The number of hydrogen-bond donors (Lipinski definition) is 1. The van der Waals surface area contributed by atoms with Gasteiger partial charge in [0.2, 0.25) is 0 Å². The van der Waals surface area contributed by atoms with Gasteiger partial charge in [0.1, 0.15) is 5.75 Å². The molecule has 1 unspecified atom stereocenters. The molecule has 1 N–H and O–H groups in total. The normalized spacial score (nSPS) is 12.4. The molecule has 108 valence electrons. The van der Waals surface area contributed by atoms with E-state index in [0.29, 0.717) is 0 Å². The second-order valence-corrected chi connectivity index (χ2v) is 5.22. The second kappa shape index (κ2) is 9.85. The number of rotatable bonds is 10. The molecular formula is C17H29NO. The van der Waals surface area contributed by atoms with E-state index in [9.17, 15) is 0 Å². The highest BCUT2D eigenvalue weighted by molar-refractivity contribution is 5.27. The highest BCUT2D eigenvalue weighted by Crippen LogP contribution is 2.18. The summed E-state index contributed by atoms with van der Waals surface area (Å²) >= 11 is 0. The lowest BCUT2D eigenvalue weighted by atomic mass is 9.93. The molecule has 1 atom stereocenters. The molecule has 19 heavy (non-hydrogen) atoms. The van der Waals surface area contributed by atoms with Gasteiger partial charge in [-0.1, -0.05) is 45.2 Å². The minimum Gasteiger partial charge on any atom is -0.497 e. The van der Waals surface area contributed by atoms with Crippen LogP contribution >= 0.6 is 0 Å². The summed E-state index contributed by atoms with van der Waals surface area (Å²) in [5, 5.41) is 3.49. The van der Waals surface area contributed by atoms with Gasteiger partial charge in [0.25, 0.3) is 0 Å². The molecule has 0 aromatic heterocycles. The zero-order chi connectivity index (χ0) is 13.9. The molecule has 0 fully saturated rings. The topological polar surface area (TPSA) is 21.3 Å². The van der Waals surface area contributed by atoms with Gasteiger partial charge in [-0.25, -0.2) is 0 Å². The maximum absolute atomic E-state index is 5.21. The molecule has 2 nitrogen and oxygen atoms in total. The Bertz CT molecular complexity index is 321. The molecule has 0 saturated heterocycles. The molecule has 0 aliphatic heterocycles. The van der Waals surface area contributed by atoms with Crippen LogP contribution in [-0.4, -0.2) is 20.2 Å². The first-order valence-electron chi connectivity index (χ1n) is 7.63. The predicted molar refractivity (Wildman–Crippen MR) is 82.9 cm³/mol. The summed E-state index contributed by atoms with van der Waals surface area (Å²) in [6, 6.07) is 8.51. The number of methoxy groups -OCH3 is 1. The summed E-state index contributed by atoms with van der Waals surface area (Å²) in [7, 11) is 1.72. The summed E-state index contributed by atoms with van der Waals surface area (Å²) in [4.78, 5) is 0. The maximum atomic E-state index is 5.21. The van der Waals surface area contributed by atoms with Crippen molar-refractivity contribution in [3.05, 3.63) is 29.8 Å². The monoisotopic (exact) mass is 263 g/mol. The molecule has 0 bridgehead atoms. The van der Waals surface area contributed by atoms with Crippen LogP contribution in [-0.2, 0) is 6.42 Å². The third-order valence-electron chi connectivity index (χ3n) is 3.58. The van der Waals surface area contributed by atoms with Gasteiger partial charge >= 0.3 is 0 Å². The number of nitrogens with one attached hydrogen (secondary N) is 1. The molecule has 1 rings (SSSR count). The van der Waals surface area contributed by atoms with Crippen LogP contribution in [0, 0.1) is 5.92 Å². The molecule has 0 spiro atoms. The van der Waals surface area contributed by atoms with Crippen molar-refractivity contribution in [1.82, 2.24) is 5.32 Å². The lowest BCUT2D eigenvalue weighted by molar-refractivity contribution is 0.413. The van der Waals surface area contributed by atoms with Crippen LogP contribution in [0.5, 0.6) is 5.75 Å². The van der Waals surface area contributed by atoms with Crippen LogP contribution in [0.1, 0.15) is 45.1 Å². The van der Waals surface area contributed by atoms with Crippen LogP contribution in [0.2, 0.25) is 0 Å². The van der Waals surface area contributed by atoms with Crippen molar-refractivity contribution in [2.24, 2.45) is 5.92 Å². The van der Waals surface area contributed by atoms with E-state index in [4.69, 9.17) is 4.74 Å². The number of hydrogen-bond acceptors (Lipinski definition) is 2. The lowest BCUT2D eigenvalue weighted by Gasteiger charge is -2.17. The van der Waals surface area contributed by atoms with Crippen molar-refractivity contribution in [3.63, 3.8) is 0 Å². The fourth-order valence-corrected chi connectivity index (χ4v) is 2.40. The first-order chi connectivity index (χ1) is 9.30. The van der Waals surface area contributed by atoms with Gasteiger partial charge in [-0.3, -0.25) is 0 Å². The molecule has 1 aromatic rings. The zero-order valence-corrected chi connectivity index (χ0v) is 12.7. The first kappa shape index (κ1) is 16.0. The fourth-order valence-electron chi connectivity index (χ4n) is 2.40. The van der Waals surface area contributed by atoms with Gasteiger partial charge in [0.05, 0.1) is 7.11 Å². The maximum Gasteiger partial charge on any atom is 0.118 e. The Labute approximate surface area is 118 Å². The quantitative estimate of drug-likeness (QED) is 0.643. The summed E-state index contributed by atoms with van der Waals surface area (Å²) in [6.45, 7) is 6.64. The van der Waals surface area contributed by atoms with Crippen LogP contribution in [0.3, 0.4) is 0 Å². The molecule has 2 heteroatoms. The lowest BCUT2D eigenvalue weighted by Crippen LogP contribution is -2.24. The molecule has 0 amide bonds. The van der Waals surface area contributed by atoms with Crippen molar-refractivity contribution < 1.29 is 4.74 Å². The van der Waals surface area contributed by atoms with Crippen LogP contribution in [0.4, 0.5) is 0 Å². The third kappa shape index (κ3) is 6.63. The smallest absolute Gasteiger partial charge is 0.118 e. The summed E-state index contributed by atoms with van der Waals surface area (Å²) in [5.74, 6) is 1.69. The third-order valence-corrected chi connectivity index (χ3v) is 3.58. The van der Waals surface area contributed by atoms with E-state index in [-0.39, 0.29) is 0 Å². The van der Waals surface area contributed by atoms with Crippen molar-refractivity contribution in [3.8, 4) is 5.75 Å². The Hall–Kier alpha value is -1.02. The van der Waals surface area contributed by atoms with Crippen LogP contribution in [0.15, 0.2) is 24.3 Å². The average molecular weight is 263 g/mol. The summed E-state index contributed by atoms with van der Waals surface area (Å²) in [6.07, 6.45) is 6.50. The minimum absolute atomic E-state index is 0.750. The second-order valence-electron chi connectivity index (χ2n) is 5.22. The Balaban J connectivity index is 2.48. The molecular weight excluding hydrogens is 234 g/mol. The highest BCUT2D eigenvalue weighted by atomic mass is 16.5. The molecule has 0 saturated carbocycles. The van der Waals surface area contributed by atoms with E-state index in [1.807, 2.05) is 0 Å². The van der Waals surface area contributed by atoms with E-state index in [1.165, 1.54) is 37.7 Å². The molecule has 0 heterocycles. The van der Waals surface area contributed by atoms with Crippen molar-refractivity contribution in [1.29, 1.82) is 0 Å². The van der Waals surface area contributed by atoms with Gasteiger partial charge in [-0.15, -0.1) is 0 Å². The largest absolute Gasteiger partial charge is 0.497 e. The van der Waals surface area contributed by atoms with Gasteiger partial charge < -0.3 is 10.1 Å². The van der Waals surface area contributed by atoms with Crippen molar-refractivity contribution in [2.75, 3.05) is 20.2 Å². The summed E-state index contributed by atoms with van der Waals surface area (Å²) in [5.41, 5.74) is 1.42. The first-order valence-corrected chi connectivity index (χ1v) is 7.63.